The maximum absolute atomic E-state index is 11.9. The molecule has 2 aromatic carbocycles. The Balaban J connectivity index is 1.97. The predicted octanol–water partition coefficient (Wildman–Crippen LogP) is 5.45. The number of hydrogen-bond donors (Lipinski definition) is 0. The van der Waals surface area contributed by atoms with Crippen molar-refractivity contribution in [3.63, 3.8) is 0 Å². The number of allylic oxidation sites excluding steroid dienone is 1. The van der Waals surface area contributed by atoms with E-state index in [4.69, 9.17) is 20.8 Å². The molecule has 0 aliphatic heterocycles. The Morgan fingerprint density at radius 3 is 2.54 bits per heavy atom. The molecule has 26 heavy (non-hydrogen) atoms. The Kier molecular flexibility index (Phi) is 5.21. The zero-order chi connectivity index (χ0) is 18.5. The summed E-state index contributed by atoms with van der Waals surface area (Å²) in [5, 5.41) is 10.0. The van der Waals surface area contributed by atoms with Gasteiger partial charge in [0.25, 0.3) is 0 Å². The largest absolute Gasteiger partial charge is 0.465 e. The number of ether oxygens (including phenoxy) is 1. The summed E-state index contributed by atoms with van der Waals surface area (Å²) in [5.41, 5.74) is 2.23. The molecule has 0 atom stereocenters. The average Bonchev–Trinajstić information content (AvgIpc) is 3.15. The Morgan fingerprint density at radius 2 is 1.85 bits per heavy atom. The van der Waals surface area contributed by atoms with E-state index >= 15 is 0 Å². The Hall–Kier alpha value is -3.29. The highest BCUT2D eigenvalue weighted by molar-refractivity contribution is 6.30. The SMILES string of the molecule is COC(=O)c1ccccc1-c1ccc(C=C(C#N)c2ccc(Cl)cc2)o1. The highest BCUT2D eigenvalue weighted by Crippen LogP contribution is 2.28. The predicted molar refractivity (Wildman–Crippen MR) is 100 cm³/mol. The first-order valence-electron chi connectivity index (χ1n) is 7.77. The molecular formula is C21H14ClNO3. The summed E-state index contributed by atoms with van der Waals surface area (Å²) in [7, 11) is 1.33. The highest BCUT2D eigenvalue weighted by Gasteiger charge is 2.15. The van der Waals surface area contributed by atoms with Gasteiger partial charge in [0, 0.05) is 10.6 Å². The second-order valence-corrected chi connectivity index (χ2v) is 5.85. The van der Waals surface area contributed by atoms with E-state index in [0.29, 0.717) is 33.2 Å². The van der Waals surface area contributed by atoms with Crippen molar-refractivity contribution < 1.29 is 13.9 Å². The van der Waals surface area contributed by atoms with Crippen LogP contribution in [0.1, 0.15) is 21.7 Å². The van der Waals surface area contributed by atoms with Gasteiger partial charge in [-0.05, 0) is 42.0 Å². The van der Waals surface area contributed by atoms with Gasteiger partial charge in [-0.15, -0.1) is 0 Å². The number of halogens is 1. The van der Waals surface area contributed by atoms with Crippen LogP contribution in [0, 0.1) is 11.3 Å². The molecule has 1 aromatic heterocycles. The Labute approximate surface area is 155 Å². The molecule has 0 saturated heterocycles. The number of rotatable bonds is 4. The molecule has 0 N–H and O–H groups in total. The fraction of sp³-hybridized carbons (Fsp3) is 0.0476. The van der Waals surface area contributed by atoms with E-state index in [0.717, 1.165) is 5.56 Å². The topological polar surface area (TPSA) is 63.2 Å². The number of benzene rings is 2. The molecule has 0 fully saturated rings. The standard InChI is InChI=1S/C21H14ClNO3/c1-25-21(24)19-5-3-2-4-18(19)20-11-10-17(26-20)12-15(13-23)14-6-8-16(22)9-7-14/h2-12H,1H3. The normalized spacial score (nSPS) is 11.0. The summed E-state index contributed by atoms with van der Waals surface area (Å²) in [6, 6.07) is 19.7. The fourth-order valence-corrected chi connectivity index (χ4v) is 2.64. The summed E-state index contributed by atoms with van der Waals surface area (Å²) in [5.74, 6) is 0.588. The van der Waals surface area contributed by atoms with Crippen LogP contribution < -0.4 is 0 Å². The van der Waals surface area contributed by atoms with Crippen LogP contribution in [0.2, 0.25) is 5.02 Å². The molecule has 5 heteroatoms. The van der Waals surface area contributed by atoms with E-state index in [2.05, 4.69) is 6.07 Å². The summed E-state index contributed by atoms with van der Waals surface area (Å²) in [6.07, 6.45) is 1.65. The third-order valence-corrected chi connectivity index (χ3v) is 4.04. The smallest absolute Gasteiger partial charge is 0.338 e. The number of carbonyl (C=O) groups is 1. The average molecular weight is 364 g/mol. The van der Waals surface area contributed by atoms with Crippen molar-refractivity contribution in [2.75, 3.05) is 7.11 Å². The van der Waals surface area contributed by atoms with E-state index in [1.807, 2.05) is 6.07 Å². The third kappa shape index (κ3) is 3.69. The van der Waals surface area contributed by atoms with Crippen LogP contribution in [0.3, 0.4) is 0 Å². The Bertz CT molecular complexity index is 1010. The zero-order valence-electron chi connectivity index (χ0n) is 13.9. The first kappa shape index (κ1) is 17.5. The van der Waals surface area contributed by atoms with Crippen molar-refractivity contribution in [1.82, 2.24) is 0 Å². The van der Waals surface area contributed by atoms with Crippen LogP contribution in [-0.4, -0.2) is 13.1 Å². The minimum Gasteiger partial charge on any atom is -0.465 e. The highest BCUT2D eigenvalue weighted by atomic mass is 35.5. The number of carbonyl (C=O) groups excluding carboxylic acids is 1. The van der Waals surface area contributed by atoms with Crippen LogP contribution in [0.5, 0.6) is 0 Å². The van der Waals surface area contributed by atoms with Crippen molar-refractivity contribution in [3.05, 3.63) is 82.6 Å². The van der Waals surface area contributed by atoms with Gasteiger partial charge in [-0.25, -0.2) is 4.79 Å². The van der Waals surface area contributed by atoms with Crippen molar-refractivity contribution in [2.45, 2.75) is 0 Å². The van der Waals surface area contributed by atoms with Gasteiger partial charge in [-0.3, -0.25) is 0 Å². The number of furan rings is 1. The number of esters is 1. The Morgan fingerprint density at radius 1 is 1.12 bits per heavy atom. The summed E-state index contributed by atoms with van der Waals surface area (Å²) < 4.78 is 10.6. The van der Waals surface area contributed by atoms with Crippen LogP contribution in [0.4, 0.5) is 0 Å². The molecular weight excluding hydrogens is 350 g/mol. The first-order valence-corrected chi connectivity index (χ1v) is 8.15. The van der Waals surface area contributed by atoms with Gasteiger partial charge in [0.15, 0.2) is 0 Å². The zero-order valence-corrected chi connectivity index (χ0v) is 14.7. The summed E-state index contributed by atoms with van der Waals surface area (Å²) in [6.45, 7) is 0. The first-order chi connectivity index (χ1) is 12.6. The molecule has 0 aliphatic carbocycles. The lowest BCUT2D eigenvalue weighted by Crippen LogP contribution is -2.02. The van der Waals surface area contributed by atoms with Crippen molar-refractivity contribution in [3.8, 4) is 17.4 Å². The van der Waals surface area contributed by atoms with Gasteiger partial charge in [0.1, 0.15) is 11.5 Å². The molecule has 0 aliphatic rings. The van der Waals surface area contributed by atoms with Crippen molar-refractivity contribution >= 4 is 29.2 Å². The van der Waals surface area contributed by atoms with E-state index < -0.39 is 5.97 Å². The lowest BCUT2D eigenvalue weighted by molar-refractivity contribution is 0.0601. The number of nitrogens with zero attached hydrogens (tertiary/aromatic N) is 1. The molecule has 3 rings (SSSR count). The minimum atomic E-state index is -0.437. The van der Waals surface area contributed by atoms with Crippen LogP contribution >= 0.6 is 11.6 Å². The molecule has 4 nitrogen and oxygen atoms in total. The monoisotopic (exact) mass is 363 g/mol. The van der Waals surface area contributed by atoms with E-state index in [-0.39, 0.29) is 0 Å². The second-order valence-electron chi connectivity index (χ2n) is 5.42. The molecule has 0 amide bonds. The van der Waals surface area contributed by atoms with E-state index in [9.17, 15) is 10.1 Å². The van der Waals surface area contributed by atoms with Gasteiger partial charge < -0.3 is 9.15 Å². The molecule has 3 aromatic rings. The van der Waals surface area contributed by atoms with Crippen LogP contribution in [0.25, 0.3) is 23.0 Å². The molecule has 1 heterocycles. The molecule has 0 radical (unpaired) electrons. The minimum absolute atomic E-state index is 0.415. The van der Waals surface area contributed by atoms with E-state index in [1.54, 1.807) is 60.7 Å². The quantitative estimate of drug-likeness (QED) is 0.456. The van der Waals surface area contributed by atoms with Gasteiger partial charge in [0.2, 0.25) is 0 Å². The number of hydrogen-bond acceptors (Lipinski definition) is 4. The molecule has 0 spiro atoms. The van der Waals surface area contributed by atoms with Crippen LogP contribution in [0.15, 0.2) is 65.1 Å². The van der Waals surface area contributed by atoms with Gasteiger partial charge in [0.05, 0.1) is 24.3 Å². The molecule has 128 valence electrons. The second kappa shape index (κ2) is 7.73. The van der Waals surface area contributed by atoms with Gasteiger partial charge >= 0.3 is 5.97 Å². The number of nitriles is 1. The third-order valence-electron chi connectivity index (χ3n) is 3.79. The van der Waals surface area contributed by atoms with Crippen LogP contribution in [-0.2, 0) is 4.74 Å². The lowest BCUT2D eigenvalue weighted by atomic mass is 10.1. The molecule has 0 saturated carbocycles. The summed E-state index contributed by atoms with van der Waals surface area (Å²) >= 11 is 5.88. The molecule has 0 unspecified atom stereocenters. The van der Waals surface area contributed by atoms with Crippen molar-refractivity contribution in [1.29, 1.82) is 5.26 Å². The summed E-state index contributed by atoms with van der Waals surface area (Å²) in [4.78, 5) is 11.9. The van der Waals surface area contributed by atoms with Gasteiger partial charge in [-0.2, -0.15) is 5.26 Å². The maximum Gasteiger partial charge on any atom is 0.338 e. The maximum atomic E-state index is 11.9. The number of methoxy groups -OCH3 is 1. The van der Waals surface area contributed by atoms with Gasteiger partial charge in [-0.1, -0.05) is 41.9 Å². The van der Waals surface area contributed by atoms with Crippen molar-refractivity contribution in [2.24, 2.45) is 0 Å². The fourth-order valence-electron chi connectivity index (χ4n) is 2.51. The molecule has 0 bridgehead atoms. The lowest BCUT2D eigenvalue weighted by Gasteiger charge is -2.04. The van der Waals surface area contributed by atoms with E-state index in [1.165, 1.54) is 7.11 Å².